The van der Waals surface area contributed by atoms with E-state index >= 15 is 0 Å². The van der Waals surface area contributed by atoms with Crippen LogP contribution in [0.25, 0.3) is 11.9 Å². The van der Waals surface area contributed by atoms with Crippen LogP contribution in [-0.2, 0) is 6.54 Å². The zero-order chi connectivity index (χ0) is 15.0. The lowest BCUT2D eigenvalue weighted by molar-refractivity contribution is 0.754. The molecule has 0 saturated heterocycles. The van der Waals surface area contributed by atoms with Gasteiger partial charge >= 0.3 is 0 Å². The minimum absolute atomic E-state index is 0.797. The van der Waals surface area contributed by atoms with Gasteiger partial charge < -0.3 is 5.32 Å². The SMILES string of the molecule is C(=C/c1ccccc1)/CNCc1ccc(-n2cccn2)nc1. The fraction of sp³-hybridized carbons (Fsp3) is 0.111. The highest BCUT2D eigenvalue weighted by molar-refractivity contribution is 5.48. The average Bonchev–Trinajstić information content (AvgIpc) is 3.11. The van der Waals surface area contributed by atoms with Crippen molar-refractivity contribution in [3.63, 3.8) is 0 Å². The first-order chi connectivity index (χ1) is 10.9. The molecule has 0 aliphatic carbocycles. The molecule has 0 radical (unpaired) electrons. The van der Waals surface area contributed by atoms with E-state index in [9.17, 15) is 0 Å². The highest BCUT2D eigenvalue weighted by Crippen LogP contribution is 2.04. The number of nitrogens with zero attached hydrogens (tertiary/aromatic N) is 3. The fourth-order valence-corrected chi connectivity index (χ4v) is 2.12. The van der Waals surface area contributed by atoms with Crippen molar-refractivity contribution in [3.05, 3.63) is 84.3 Å². The molecule has 0 unspecified atom stereocenters. The van der Waals surface area contributed by atoms with Crippen molar-refractivity contribution in [2.24, 2.45) is 0 Å². The molecule has 0 spiro atoms. The number of pyridine rings is 1. The Kier molecular flexibility index (Phi) is 4.74. The molecule has 1 N–H and O–H groups in total. The summed E-state index contributed by atoms with van der Waals surface area (Å²) < 4.78 is 1.75. The zero-order valence-corrected chi connectivity index (χ0v) is 12.3. The monoisotopic (exact) mass is 290 g/mol. The normalized spacial score (nSPS) is 11.1. The van der Waals surface area contributed by atoms with E-state index in [0.29, 0.717) is 0 Å². The van der Waals surface area contributed by atoms with Crippen molar-refractivity contribution in [3.8, 4) is 5.82 Å². The van der Waals surface area contributed by atoms with Crippen LogP contribution in [0.5, 0.6) is 0 Å². The predicted molar refractivity (Wildman–Crippen MR) is 88.5 cm³/mol. The number of rotatable bonds is 6. The third-order valence-corrected chi connectivity index (χ3v) is 3.25. The van der Waals surface area contributed by atoms with E-state index in [4.69, 9.17) is 0 Å². The summed E-state index contributed by atoms with van der Waals surface area (Å²) in [5, 5.41) is 7.54. The third-order valence-electron chi connectivity index (χ3n) is 3.25. The Morgan fingerprint density at radius 1 is 1.05 bits per heavy atom. The maximum Gasteiger partial charge on any atom is 0.153 e. The van der Waals surface area contributed by atoms with Crippen molar-refractivity contribution in [2.75, 3.05) is 6.54 Å². The number of benzene rings is 1. The Balaban J connectivity index is 1.47. The lowest BCUT2D eigenvalue weighted by atomic mass is 10.2. The van der Waals surface area contributed by atoms with Gasteiger partial charge in [0.05, 0.1) is 0 Å². The molecule has 3 aromatic rings. The minimum atomic E-state index is 0.797. The molecule has 0 atom stereocenters. The second-order valence-corrected chi connectivity index (χ2v) is 4.92. The molecule has 4 nitrogen and oxygen atoms in total. The summed E-state index contributed by atoms with van der Waals surface area (Å²) in [6, 6.07) is 16.2. The van der Waals surface area contributed by atoms with Gasteiger partial charge in [0.1, 0.15) is 0 Å². The first kappa shape index (κ1) is 14.2. The quantitative estimate of drug-likeness (QED) is 0.709. The predicted octanol–water partition coefficient (Wildman–Crippen LogP) is 3.07. The Morgan fingerprint density at radius 3 is 2.68 bits per heavy atom. The molecule has 4 heteroatoms. The van der Waals surface area contributed by atoms with Gasteiger partial charge in [0.15, 0.2) is 5.82 Å². The molecule has 2 heterocycles. The summed E-state index contributed by atoms with van der Waals surface area (Å²) >= 11 is 0. The van der Waals surface area contributed by atoms with Crippen molar-refractivity contribution >= 4 is 6.08 Å². The van der Waals surface area contributed by atoms with Crippen LogP contribution < -0.4 is 5.32 Å². The topological polar surface area (TPSA) is 42.7 Å². The first-order valence-electron chi connectivity index (χ1n) is 7.29. The average molecular weight is 290 g/mol. The van der Waals surface area contributed by atoms with Gasteiger partial charge in [-0.2, -0.15) is 5.10 Å². The van der Waals surface area contributed by atoms with Crippen LogP contribution in [0.2, 0.25) is 0 Å². The molecule has 1 aromatic carbocycles. The largest absolute Gasteiger partial charge is 0.309 e. The van der Waals surface area contributed by atoms with E-state index in [0.717, 1.165) is 24.5 Å². The van der Waals surface area contributed by atoms with Crippen molar-refractivity contribution in [1.29, 1.82) is 0 Å². The highest BCUT2D eigenvalue weighted by Gasteiger charge is 1.98. The smallest absolute Gasteiger partial charge is 0.153 e. The lowest BCUT2D eigenvalue weighted by Crippen LogP contribution is -2.13. The van der Waals surface area contributed by atoms with Gasteiger partial charge in [0, 0.05) is 31.7 Å². The van der Waals surface area contributed by atoms with E-state index < -0.39 is 0 Å². The van der Waals surface area contributed by atoms with E-state index in [1.165, 1.54) is 5.56 Å². The number of nitrogens with one attached hydrogen (secondary N) is 1. The lowest BCUT2D eigenvalue weighted by Gasteiger charge is -2.04. The summed E-state index contributed by atoms with van der Waals surface area (Å²) in [6.45, 7) is 1.63. The zero-order valence-electron chi connectivity index (χ0n) is 12.3. The molecule has 0 amide bonds. The molecule has 110 valence electrons. The van der Waals surface area contributed by atoms with Gasteiger partial charge in [-0.05, 0) is 23.3 Å². The maximum absolute atomic E-state index is 4.41. The van der Waals surface area contributed by atoms with Crippen LogP contribution >= 0.6 is 0 Å². The van der Waals surface area contributed by atoms with E-state index in [2.05, 4.69) is 45.8 Å². The van der Waals surface area contributed by atoms with Gasteiger partial charge in [-0.1, -0.05) is 48.6 Å². The summed E-state index contributed by atoms with van der Waals surface area (Å²) in [5.74, 6) is 0.831. The summed E-state index contributed by atoms with van der Waals surface area (Å²) in [7, 11) is 0. The van der Waals surface area contributed by atoms with Crippen LogP contribution in [0.4, 0.5) is 0 Å². The molecule has 0 aliphatic rings. The molecule has 0 fully saturated rings. The number of aromatic nitrogens is 3. The molecular weight excluding hydrogens is 272 g/mol. The maximum atomic E-state index is 4.41. The Hall–Kier alpha value is -2.72. The van der Waals surface area contributed by atoms with Crippen molar-refractivity contribution in [2.45, 2.75) is 6.54 Å². The second kappa shape index (κ2) is 7.33. The van der Waals surface area contributed by atoms with E-state index in [1.54, 1.807) is 10.9 Å². The third kappa shape index (κ3) is 3.90. The van der Waals surface area contributed by atoms with Crippen molar-refractivity contribution in [1.82, 2.24) is 20.1 Å². The van der Waals surface area contributed by atoms with Crippen LogP contribution in [0.15, 0.2) is 73.2 Å². The second-order valence-electron chi connectivity index (χ2n) is 4.92. The van der Waals surface area contributed by atoms with Crippen LogP contribution in [-0.4, -0.2) is 21.3 Å². The molecule has 0 saturated carbocycles. The molecule has 3 rings (SSSR count). The van der Waals surface area contributed by atoms with Gasteiger partial charge in [0.2, 0.25) is 0 Å². The molecule has 0 aliphatic heterocycles. The van der Waals surface area contributed by atoms with Gasteiger partial charge in [0.25, 0.3) is 0 Å². The van der Waals surface area contributed by atoms with Gasteiger partial charge in [-0.25, -0.2) is 9.67 Å². The van der Waals surface area contributed by atoms with Gasteiger partial charge in [-0.15, -0.1) is 0 Å². The van der Waals surface area contributed by atoms with Crippen molar-refractivity contribution < 1.29 is 0 Å². The summed E-state index contributed by atoms with van der Waals surface area (Å²) in [6.07, 6.45) is 9.75. The fourth-order valence-electron chi connectivity index (χ4n) is 2.12. The molecular formula is C18H18N4. The summed E-state index contributed by atoms with van der Waals surface area (Å²) in [5.41, 5.74) is 2.37. The molecule has 0 bridgehead atoms. The Bertz CT molecular complexity index is 701. The molecule has 2 aromatic heterocycles. The number of hydrogen-bond donors (Lipinski definition) is 1. The van der Waals surface area contributed by atoms with E-state index in [-0.39, 0.29) is 0 Å². The van der Waals surface area contributed by atoms with Gasteiger partial charge in [-0.3, -0.25) is 0 Å². The van der Waals surface area contributed by atoms with Crippen LogP contribution in [0.1, 0.15) is 11.1 Å². The first-order valence-corrected chi connectivity index (χ1v) is 7.29. The Labute approximate surface area is 130 Å². The summed E-state index contributed by atoms with van der Waals surface area (Å²) in [4.78, 5) is 4.41. The van der Waals surface area contributed by atoms with Crippen LogP contribution in [0, 0.1) is 0 Å². The highest BCUT2D eigenvalue weighted by atomic mass is 15.3. The van der Waals surface area contributed by atoms with Crippen LogP contribution in [0.3, 0.4) is 0 Å². The molecule has 22 heavy (non-hydrogen) atoms. The number of hydrogen-bond acceptors (Lipinski definition) is 3. The van der Waals surface area contributed by atoms with E-state index in [1.807, 2.05) is 42.7 Å². The Morgan fingerprint density at radius 2 is 1.95 bits per heavy atom. The minimum Gasteiger partial charge on any atom is -0.309 e. The standard InChI is InChI=1S/C18H18N4/c1-2-6-16(7-3-1)8-4-11-19-14-17-9-10-18(20-15-17)22-13-5-12-21-22/h1-10,12-13,15,19H,11,14H2/b8-4-.